The first kappa shape index (κ1) is 38.5. The van der Waals surface area contributed by atoms with Crippen LogP contribution in [0, 0.1) is 0 Å². The van der Waals surface area contributed by atoms with Crippen molar-refractivity contribution in [3.05, 3.63) is 229 Å². The van der Waals surface area contributed by atoms with E-state index in [-0.39, 0.29) is 6.04 Å². The van der Waals surface area contributed by atoms with Crippen molar-refractivity contribution < 1.29 is 4.42 Å². The molecule has 0 amide bonds. The van der Waals surface area contributed by atoms with E-state index in [4.69, 9.17) is 14.4 Å². The Balaban J connectivity index is 1.02. The SMILES string of the molecule is c1ccc(-n2c3ccccc3c3cccc(C4=NC(c5cccc6c5sc5ccccc56)CCC(c5cc(-n6c7ccccc7c7cc8ccccc8cc76)cc6oc7ccccc7c56)=N4)c32)cc1. The van der Waals surface area contributed by atoms with Gasteiger partial charge in [0.25, 0.3) is 0 Å². The van der Waals surface area contributed by atoms with Crippen LogP contribution < -0.4 is 0 Å². The number of furan rings is 1. The number of benzene rings is 10. The maximum atomic E-state index is 6.88. The molecule has 15 rings (SSSR count). The first-order chi connectivity index (χ1) is 34.2. The maximum absolute atomic E-state index is 6.88. The van der Waals surface area contributed by atoms with Gasteiger partial charge in [-0.15, -0.1) is 11.3 Å². The van der Waals surface area contributed by atoms with Crippen molar-refractivity contribution in [1.82, 2.24) is 9.13 Å². The highest BCUT2D eigenvalue weighted by atomic mass is 32.1. The molecule has 14 aromatic rings. The Morgan fingerprint density at radius 2 is 1.13 bits per heavy atom. The van der Waals surface area contributed by atoms with Crippen LogP contribution in [0.15, 0.2) is 227 Å². The summed E-state index contributed by atoms with van der Waals surface area (Å²) >= 11 is 1.87. The molecule has 5 nitrogen and oxygen atoms in total. The number of aromatic nitrogens is 2. The Hall–Kier alpha value is -8.58. The molecule has 1 unspecified atom stereocenters. The average molecular weight is 901 g/mol. The average Bonchev–Trinajstić information content (AvgIpc) is 4.12. The summed E-state index contributed by atoms with van der Waals surface area (Å²) in [6, 6.07) is 76.6. The zero-order chi connectivity index (χ0) is 45.2. The summed E-state index contributed by atoms with van der Waals surface area (Å²) in [5.41, 5.74) is 12.6. The van der Waals surface area contributed by atoms with Gasteiger partial charge in [-0.25, -0.2) is 4.99 Å². The molecule has 1 aliphatic rings. The number of hydrogen-bond acceptors (Lipinski definition) is 4. The molecule has 10 aromatic carbocycles. The van der Waals surface area contributed by atoms with Crippen LogP contribution in [0.5, 0.6) is 0 Å². The van der Waals surface area contributed by atoms with Gasteiger partial charge in [-0.05, 0) is 89.8 Å². The Kier molecular flexibility index (Phi) is 8.35. The van der Waals surface area contributed by atoms with E-state index in [0.717, 1.165) is 84.5 Å². The third-order valence-electron chi connectivity index (χ3n) is 14.5. The molecule has 0 fully saturated rings. The summed E-state index contributed by atoms with van der Waals surface area (Å²) in [5, 5.41) is 11.9. The molecule has 0 radical (unpaired) electrons. The van der Waals surface area contributed by atoms with Gasteiger partial charge in [-0.3, -0.25) is 4.99 Å². The van der Waals surface area contributed by atoms with E-state index in [0.29, 0.717) is 6.42 Å². The molecular weight excluding hydrogens is 861 g/mol. The number of amidine groups is 1. The lowest BCUT2D eigenvalue weighted by Gasteiger charge is -2.15. The van der Waals surface area contributed by atoms with Crippen molar-refractivity contribution in [1.29, 1.82) is 0 Å². The van der Waals surface area contributed by atoms with E-state index < -0.39 is 0 Å². The first-order valence-electron chi connectivity index (χ1n) is 23.7. The Morgan fingerprint density at radius 1 is 0.464 bits per heavy atom. The fraction of sp³-hybridized carbons (Fsp3) is 0.0476. The van der Waals surface area contributed by atoms with Crippen LogP contribution in [-0.2, 0) is 0 Å². The van der Waals surface area contributed by atoms with Crippen molar-refractivity contribution >= 4 is 119 Å². The summed E-state index contributed by atoms with van der Waals surface area (Å²) in [7, 11) is 0. The molecule has 324 valence electrons. The van der Waals surface area contributed by atoms with Crippen LogP contribution >= 0.6 is 11.3 Å². The van der Waals surface area contributed by atoms with E-state index in [1.807, 2.05) is 11.3 Å². The Morgan fingerprint density at radius 3 is 1.99 bits per heavy atom. The van der Waals surface area contributed by atoms with E-state index >= 15 is 0 Å². The van der Waals surface area contributed by atoms with Crippen LogP contribution in [0.25, 0.3) is 108 Å². The Bertz CT molecular complexity index is 4510. The third-order valence-corrected chi connectivity index (χ3v) is 15.7. The van der Waals surface area contributed by atoms with Crippen molar-refractivity contribution in [2.24, 2.45) is 9.98 Å². The van der Waals surface area contributed by atoms with Gasteiger partial charge in [-0.1, -0.05) is 146 Å². The highest BCUT2D eigenvalue weighted by molar-refractivity contribution is 7.26. The molecule has 6 heteroatoms. The van der Waals surface area contributed by atoms with Gasteiger partial charge in [-0.2, -0.15) is 0 Å². The molecule has 0 spiro atoms. The quantitative estimate of drug-likeness (QED) is 0.170. The minimum atomic E-state index is -0.159. The zero-order valence-electron chi connectivity index (χ0n) is 37.3. The molecule has 0 bridgehead atoms. The van der Waals surface area contributed by atoms with Crippen LogP contribution in [0.2, 0.25) is 0 Å². The standard InChI is InChI=1S/C63H40N4OS/c1-2-18-40(19-3-1)67-55-29-11-6-20-42(55)45-24-14-27-49(61(45)67)63-64-52(47-26-15-25-46-44-22-9-13-31-59(44)69-62(46)47)32-33-53(65-63)51-36-41(37-58-60(51)48-23-8-12-30-57(48)68-58)66-54-28-10-7-21-43(54)50-34-38-16-4-5-17-39(38)35-56(50)66/h1-31,34-37,52H,32-33H2. The summed E-state index contributed by atoms with van der Waals surface area (Å²) in [6.45, 7) is 0. The largest absolute Gasteiger partial charge is 0.456 e. The molecule has 1 atom stereocenters. The van der Waals surface area contributed by atoms with Gasteiger partial charge in [0.05, 0.1) is 39.5 Å². The monoisotopic (exact) mass is 900 g/mol. The third kappa shape index (κ3) is 5.82. The second kappa shape index (κ2) is 15.0. The summed E-state index contributed by atoms with van der Waals surface area (Å²) in [6.07, 6.45) is 1.47. The minimum absolute atomic E-state index is 0.159. The first-order valence-corrected chi connectivity index (χ1v) is 24.5. The highest BCUT2D eigenvalue weighted by Crippen LogP contribution is 2.44. The van der Waals surface area contributed by atoms with Crippen LogP contribution in [0.4, 0.5) is 0 Å². The predicted molar refractivity (Wildman–Crippen MR) is 291 cm³/mol. The second-order valence-corrected chi connectivity index (χ2v) is 19.4. The van der Waals surface area contributed by atoms with E-state index in [1.54, 1.807) is 0 Å². The molecule has 5 heterocycles. The number of thiophene rings is 1. The Labute approximate surface area is 400 Å². The van der Waals surface area contributed by atoms with Gasteiger partial charge < -0.3 is 13.6 Å². The lowest BCUT2D eigenvalue weighted by molar-refractivity contribution is 0.668. The number of nitrogens with zero attached hydrogens (tertiary/aromatic N) is 4. The fourth-order valence-corrected chi connectivity index (χ4v) is 12.7. The number of rotatable bonds is 5. The van der Waals surface area contributed by atoms with Crippen LogP contribution in [-0.4, -0.2) is 20.7 Å². The molecular formula is C63H40N4OS. The fourth-order valence-electron chi connectivity index (χ4n) is 11.5. The van der Waals surface area contributed by atoms with E-state index in [2.05, 4.69) is 221 Å². The van der Waals surface area contributed by atoms with Gasteiger partial charge in [0.2, 0.25) is 0 Å². The molecule has 0 N–H and O–H groups in total. The summed E-state index contributed by atoms with van der Waals surface area (Å²) in [5.74, 6) is 0.728. The molecule has 0 saturated heterocycles. The van der Waals surface area contributed by atoms with Gasteiger partial charge in [0.1, 0.15) is 11.2 Å². The summed E-state index contributed by atoms with van der Waals surface area (Å²) < 4.78 is 14.3. The zero-order valence-corrected chi connectivity index (χ0v) is 38.1. The van der Waals surface area contributed by atoms with Crippen molar-refractivity contribution in [2.75, 3.05) is 0 Å². The topological polar surface area (TPSA) is 47.7 Å². The smallest absolute Gasteiger partial charge is 0.157 e. The van der Waals surface area contributed by atoms with Crippen LogP contribution in [0.1, 0.15) is 35.6 Å². The predicted octanol–water partition coefficient (Wildman–Crippen LogP) is 17.1. The number of hydrogen-bond donors (Lipinski definition) is 0. The molecule has 4 aromatic heterocycles. The van der Waals surface area contributed by atoms with Gasteiger partial charge >= 0.3 is 0 Å². The molecule has 69 heavy (non-hydrogen) atoms. The van der Waals surface area contributed by atoms with E-state index in [1.165, 1.54) is 58.1 Å². The molecule has 0 aliphatic carbocycles. The summed E-state index contributed by atoms with van der Waals surface area (Å²) in [4.78, 5) is 11.8. The maximum Gasteiger partial charge on any atom is 0.157 e. The van der Waals surface area contributed by atoms with Gasteiger partial charge in [0, 0.05) is 75.4 Å². The van der Waals surface area contributed by atoms with E-state index in [9.17, 15) is 0 Å². The lowest BCUT2D eigenvalue weighted by atomic mass is 9.94. The van der Waals surface area contributed by atoms with Gasteiger partial charge in [0.15, 0.2) is 5.84 Å². The molecule has 1 aliphatic heterocycles. The highest BCUT2D eigenvalue weighted by Gasteiger charge is 2.28. The number of fused-ring (bicyclic) bond motifs is 13. The molecule has 0 saturated carbocycles. The number of aliphatic imine (C=N–C) groups is 2. The normalized spacial score (nSPS) is 14.6. The number of para-hydroxylation sites is 5. The lowest BCUT2D eigenvalue weighted by Crippen LogP contribution is -2.08. The van der Waals surface area contributed by atoms with Crippen molar-refractivity contribution in [3.63, 3.8) is 0 Å². The van der Waals surface area contributed by atoms with Crippen molar-refractivity contribution in [2.45, 2.75) is 18.9 Å². The second-order valence-electron chi connectivity index (χ2n) is 18.3. The van der Waals surface area contributed by atoms with Crippen LogP contribution in [0.3, 0.4) is 0 Å². The minimum Gasteiger partial charge on any atom is -0.456 e. The van der Waals surface area contributed by atoms with Crippen molar-refractivity contribution in [3.8, 4) is 11.4 Å².